The average Bonchev–Trinajstić information content (AvgIpc) is 2.88. The molecule has 0 bridgehead atoms. The summed E-state index contributed by atoms with van der Waals surface area (Å²) < 4.78 is 32.6. The quantitative estimate of drug-likeness (QED) is 0.315. The number of halogens is 3. The smallest absolute Gasteiger partial charge is 0.172 e. The van der Waals surface area contributed by atoms with Crippen LogP contribution in [-0.4, -0.2) is 54.1 Å². The van der Waals surface area contributed by atoms with E-state index in [9.17, 15) is 13.9 Å². The number of piperidine rings is 1. The van der Waals surface area contributed by atoms with Gasteiger partial charge in [-0.05, 0) is 86.5 Å². The molecule has 0 aliphatic carbocycles. The van der Waals surface area contributed by atoms with E-state index in [1.54, 1.807) is 19.4 Å². The zero-order valence-electron chi connectivity index (χ0n) is 19.9. The first-order valence-electron chi connectivity index (χ1n) is 12.0. The lowest BCUT2D eigenvalue weighted by atomic mass is 9.75. The van der Waals surface area contributed by atoms with Crippen molar-refractivity contribution < 1.29 is 18.6 Å². The van der Waals surface area contributed by atoms with Gasteiger partial charge in [-0.25, -0.2) is 8.78 Å². The first kappa shape index (κ1) is 26.1. The van der Waals surface area contributed by atoms with E-state index < -0.39 is 11.6 Å². The molecule has 0 amide bonds. The van der Waals surface area contributed by atoms with Crippen molar-refractivity contribution in [2.75, 3.05) is 39.1 Å². The third-order valence-electron chi connectivity index (χ3n) is 7.10. The SMILES string of the molecule is COc1ccc2ncc(Cl)c(CCCC3(CO)CCN(CCSc4cccc(F)c4F)CC3)c2c1. The number of hydrogen-bond donors (Lipinski definition) is 1. The number of aryl methyl sites for hydroxylation is 1. The van der Waals surface area contributed by atoms with Crippen LogP contribution in [0.2, 0.25) is 5.02 Å². The Labute approximate surface area is 214 Å². The van der Waals surface area contributed by atoms with Crippen LogP contribution in [0.25, 0.3) is 10.9 Å². The fraction of sp³-hybridized carbons (Fsp3) is 0.444. The molecule has 2 aromatic carbocycles. The number of likely N-dealkylation sites (tertiary alicyclic amines) is 1. The maximum atomic E-state index is 13.8. The van der Waals surface area contributed by atoms with Gasteiger partial charge in [-0.2, -0.15) is 0 Å². The van der Waals surface area contributed by atoms with Crippen molar-refractivity contribution in [2.45, 2.75) is 37.0 Å². The van der Waals surface area contributed by atoms with Gasteiger partial charge in [0.2, 0.25) is 0 Å². The molecule has 3 aromatic rings. The van der Waals surface area contributed by atoms with E-state index in [4.69, 9.17) is 16.3 Å². The second kappa shape index (κ2) is 11.9. The van der Waals surface area contributed by atoms with Gasteiger partial charge in [-0.1, -0.05) is 17.7 Å². The fourth-order valence-electron chi connectivity index (χ4n) is 4.84. The fourth-order valence-corrected chi connectivity index (χ4v) is 6.06. The predicted octanol–water partition coefficient (Wildman–Crippen LogP) is 6.36. The number of methoxy groups -OCH3 is 1. The number of thioether (sulfide) groups is 1. The molecule has 4 nitrogen and oxygen atoms in total. The van der Waals surface area contributed by atoms with E-state index in [1.165, 1.54) is 17.8 Å². The van der Waals surface area contributed by atoms with Gasteiger partial charge in [0.1, 0.15) is 5.75 Å². The molecule has 8 heteroatoms. The summed E-state index contributed by atoms with van der Waals surface area (Å²) in [6.07, 6.45) is 6.20. The molecule has 1 aromatic heterocycles. The minimum atomic E-state index is -0.805. The van der Waals surface area contributed by atoms with Crippen LogP contribution >= 0.6 is 23.4 Å². The highest BCUT2D eigenvalue weighted by Crippen LogP contribution is 2.37. The zero-order chi connectivity index (χ0) is 24.8. The topological polar surface area (TPSA) is 45.6 Å². The highest BCUT2D eigenvalue weighted by atomic mass is 35.5. The summed E-state index contributed by atoms with van der Waals surface area (Å²) in [6.45, 7) is 2.76. The summed E-state index contributed by atoms with van der Waals surface area (Å²) >= 11 is 7.86. The summed E-state index contributed by atoms with van der Waals surface area (Å²) in [5.41, 5.74) is 1.87. The summed E-state index contributed by atoms with van der Waals surface area (Å²) in [5, 5.41) is 11.9. The van der Waals surface area contributed by atoms with E-state index in [2.05, 4.69) is 9.88 Å². The lowest BCUT2D eigenvalue weighted by molar-refractivity contribution is 0.0378. The predicted molar refractivity (Wildman–Crippen MR) is 139 cm³/mol. The Kier molecular flexibility index (Phi) is 8.87. The molecule has 0 spiro atoms. The van der Waals surface area contributed by atoms with Crippen LogP contribution < -0.4 is 4.74 Å². The number of aromatic nitrogens is 1. The van der Waals surface area contributed by atoms with Gasteiger partial charge >= 0.3 is 0 Å². The lowest BCUT2D eigenvalue weighted by Gasteiger charge is -2.41. The van der Waals surface area contributed by atoms with Crippen molar-refractivity contribution in [1.82, 2.24) is 9.88 Å². The van der Waals surface area contributed by atoms with Crippen LogP contribution in [0.3, 0.4) is 0 Å². The Morgan fingerprint density at radius 2 is 2.00 bits per heavy atom. The molecule has 4 rings (SSSR count). The van der Waals surface area contributed by atoms with Crippen molar-refractivity contribution >= 4 is 34.3 Å². The highest BCUT2D eigenvalue weighted by Gasteiger charge is 2.33. The second-order valence-electron chi connectivity index (χ2n) is 9.22. The number of nitrogens with zero attached hydrogens (tertiary/aromatic N) is 2. The number of ether oxygens (including phenoxy) is 1. The normalized spacial score (nSPS) is 16.0. The second-order valence-corrected chi connectivity index (χ2v) is 10.8. The maximum absolute atomic E-state index is 13.8. The van der Waals surface area contributed by atoms with Crippen LogP contribution in [0.15, 0.2) is 47.5 Å². The van der Waals surface area contributed by atoms with E-state index in [1.807, 2.05) is 18.2 Å². The molecule has 188 valence electrons. The Morgan fingerprint density at radius 1 is 1.20 bits per heavy atom. The highest BCUT2D eigenvalue weighted by molar-refractivity contribution is 7.99. The zero-order valence-corrected chi connectivity index (χ0v) is 21.5. The van der Waals surface area contributed by atoms with E-state index in [0.717, 1.165) is 80.0 Å². The molecule has 1 aliphatic rings. The van der Waals surface area contributed by atoms with Gasteiger partial charge in [0.15, 0.2) is 11.6 Å². The molecule has 1 saturated heterocycles. The number of benzene rings is 2. The first-order chi connectivity index (χ1) is 16.9. The van der Waals surface area contributed by atoms with Gasteiger partial charge in [0, 0.05) is 35.4 Å². The number of fused-ring (bicyclic) bond motifs is 1. The molecule has 35 heavy (non-hydrogen) atoms. The van der Waals surface area contributed by atoms with Crippen molar-refractivity contribution in [1.29, 1.82) is 0 Å². The largest absolute Gasteiger partial charge is 0.497 e. The van der Waals surface area contributed by atoms with Crippen molar-refractivity contribution in [2.24, 2.45) is 5.41 Å². The maximum Gasteiger partial charge on any atom is 0.172 e. The summed E-state index contributed by atoms with van der Waals surface area (Å²) in [7, 11) is 1.65. The minimum absolute atomic E-state index is 0.0920. The lowest BCUT2D eigenvalue weighted by Crippen LogP contribution is -2.42. The monoisotopic (exact) mass is 520 g/mol. The van der Waals surface area contributed by atoms with E-state index >= 15 is 0 Å². The van der Waals surface area contributed by atoms with Gasteiger partial charge in [0.25, 0.3) is 0 Å². The van der Waals surface area contributed by atoms with Gasteiger partial charge in [0.05, 0.1) is 17.6 Å². The molecule has 1 N–H and O–H groups in total. The van der Waals surface area contributed by atoms with Crippen molar-refractivity contribution in [3.8, 4) is 5.75 Å². The number of rotatable bonds is 10. The molecule has 0 radical (unpaired) electrons. The Bertz CT molecular complexity index is 1160. The van der Waals surface area contributed by atoms with E-state index in [0.29, 0.717) is 15.7 Å². The molecule has 1 fully saturated rings. The van der Waals surface area contributed by atoms with Crippen LogP contribution in [0.5, 0.6) is 5.75 Å². The molecular formula is C27H31ClF2N2O2S. The molecule has 1 aliphatic heterocycles. The Hall–Kier alpha value is -1.93. The molecule has 0 saturated carbocycles. The van der Waals surface area contributed by atoms with Crippen molar-refractivity contribution in [3.63, 3.8) is 0 Å². The van der Waals surface area contributed by atoms with Crippen LogP contribution in [0.4, 0.5) is 8.78 Å². The standard InChI is InChI=1S/C27H31ClF2N2O2S/c1-34-19-7-8-24-21(16-19)20(22(28)17-31-24)4-3-9-27(18-33)10-12-32(13-11-27)14-15-35-25-6-2-5-23(29)26(25)30/h2,5-8,16-17,33H,3-4,9-15,18H2,1H3. The molecule has 2 heterocycles. The summed E-state index contributed by atoms with van der Waals surface area (Å²) in [6, 6.07) is 10.1. The Morgan fingerprint density at radius 3 is 2.74 bits per heavy atom. The van der Waals surface area contributed by atoms with Gasteiger partial charge in [-0.15, -0.1) is 11.8 Å². The molecular weight excluding hydrogens is 490 g/mol. The number of pyridine rings is 1. The number of aliphatic hydroxyl groups excluding tert-OH is 1. The van der Waals surface area contributed by atoms with Crippen LogP contribution in [-0.2, 0) is 6.42 Å². The third-order valence-corrected chi connectivity index (χ3v) is 8.44. The molecule has 0 unspecified atom stereocenters. The average molecular weight is 521 g/mol. The third kappa shape index (κ3) is 6.26. The number of aliphatic hydroxyl groups is 1. The number of hydrogen-bond acceptors (Lipinski definition) is 5. The Balaban J connectivity index is 1.29. The van der Waals surface area contributed by atoms with Crippen LogP contribution in [0, 0.1) is 17.0 Å². The van der Waals surface area contributed by atoms with Crippen molar-refractivity contribution in [3.05, 3.63) is 64.8 Å². The summed E-state index contributed by atoms with van der Waals surface area (Å²) in [5.74, 6) is -0.0963. The summed E-state index contributed by atoms with van der Waals surface area (Å²) in [4.78, 5) is 7.13. The molecule has 0 atom stereocenters. The van der Waals surface area contributed by atoms with Gasteiger partial charge in [-0.3, -0.25) is 4.98 Å². The van der Waals surface area contributed by atoms with Crippen LogP contribution in [0.1, 0.15) is 31.2 Å². The first-order valence-corrected chi connectivity index (χ1v) is 13.3. The van der Waals surface area contributed by atoms with Gasteiger partial charge < -0.3 is 14.7 Å². The minimum Gasteiger partial charge on any atom is -0.497 e. The van der Waals surface area contributed by atoms with E-state index in [-0.39, 0.29) is 12.0 Å².